The maximum absolute atomic E-state index is 6.16. The van der Waals surface area contributed by atoms with Gasteiger partial charge in [0.15, 0.2) is 0 Å². The molecule has 4 heteroatoms. The van der Waals surface area contributed by atoms with Crippen LogP contribution in [0.25, 0.3) is 0 Å². The molecule has 3 nitrogen and oxygen atoms in total. The van der Waals surface area contributed by atoms with E-state index in [0.29, 0.717) is 19.1 Å². The standard InChI is InChI=1S/C10H19ClO3/c1-12-6-7-13-4-2-9-8-14-5-3-10(9)11/h9-10H,2-8H2,1H3. The summed E-state index contributed by atoms with van der Waals surface area (Å²) in [6.45, 7) is 3.65. The number of ether oxygens (including phenoxy) is 3. The van der Waals surface area contributed by atoms with Crippen molar-refractivity contribution in [1.82, 2.24) is 0 Å². The van der Waals surface area contributed by atoms with Crippen LogP contribution in [0.2, 0.25) is 0 Å². The fourth-order valence-corrected chi connectivity index (χ4v) is 1.80. The molecule has 0 aromatic carbocycles. The molecule has 1 rings (SSSR count). The van der Waals surface area contributed by atoms with Crippen molar-refractivity contribution in [3.63, 3.8) is 0 Å². The highest BCUT2D eigenvalue weighted by Gasteiger charge is 2.23. The topological polar surface area (TPSA) is 27.7 Å². The maximum atomic E-state index is 6.16. The molecule has 1 heterocycles. The first-order valence-electron chi connectivity index (χ1n) is 5.13. The lowest BCUT2D eigenvalue weighted by Crippen LogP contribution is -2.29. The lowest BCUT2D eigenvalue weighted by atomic mass is 9.98. The number of alkyl halides is 1. The van der Waals surface area contributed by atoms with Gasteiger partial charge in [0, 0.05) is 31.6 Å². The lowest BCUT2D eigenvalue weighted by molar-refractivity contribution is 0.0265. The highest BCUT2D eigenvalue weighted by atomic mass is 35.5. The van der Waals surface area contributed by atoms with Gasteiger partial charge in [-0.25, -0.2) is 0 Å². The summed E-state index contributed by atoms with van der Waals surface area (Å²) in [6.07, 6.45) is 1.95. The summed E-state index contributed by atoms with van der Waals surface area (Å²) in [6, 6.07) is 0. The van der Waals surface area contributed by atoms with Crippen molar-refractivity contribution in [2.45, 2.75) is 18.2 Å². The number of rotatable bonds is 6. The summed E-state index contributed by atoms with van der Waals surface area (Å²) in [4.78, 5) is 0. The van der Waals surface area contributed by atoms with E-state index in [2.05, 4.69) is 0 Å². The molecule has 0 radical (unpaired) electrons. The van der Waals surface area contributed by atoms with Crippen LogP contribution in [0.15, 0.2) is 0 Å². The second kappa shape index (κ2) is 7.46. The zero-order valence-electron chi connectivity index (χ0n) is 8.71. The zero-order chi connectivity index (χ0) is 10.2. The largest absolute Gasteiger partial charge is 0.382 e. The Kier molecular flexibility index (Phi) is 6.52. The minimum absolute atomic E-state index is 0.259. The normalized spacial score (nSPS) is 27.9. The van der Waals surface area contributed by atoms with E-state index in [0.717, 1.165) is 32.7 Å². The maximum Gasteiger partial charge on any atom is 0.0700 e. The summed E-state index contributed by atoms with van der Waals surface area (Å²) in [5.41, 5.74) is 0. The Balaban J connectivity index is 1.99. The zero-order valence-corrected chi connectivity index (χ0v) is 9.46. The van der Waals surface area contributed by atoms with Gasteiger partial charge in [0.2, 0.25) is 0 Å². The quantitative estimate of drug-likeness (QED) is 0.506. The molecule has 0 aliphatic carbocycles. The van der Waals surface area contributed by atoms with E-state index in [1.165, 1.54) is 0 Å². The Bertz CT molecular complexity index is 143. The first-order valence-corrected chi connectivity index (χ1v) is 5.56. The minimum Gasteiger partial charge on any atom is -0.382 e. The van der Waals surface area contributed by atoms with E-state index in [4.69, 9.17) is 25.8 Å². The summed E-state index contributed by atoms with van der Waals surface area (Å²) >= 11 is 6.16. The van der Waals surface area contributed by atoms with E-state index in [-0.39, 0.29) is 5.38 Å². The Hall–Kier alpha value is 0.170. The van der Waals surface area contributed by atoms with Crippen molar-refractivity contribution in [3.05, 3.63) is 0 Å². The minimum atomic E-state index is 0.259. The highest BCUT2D eigenvalue weighted by molar-refractivity contribution is 6.20. The van der Waals surface area contributed by atoms with Gasteiger partial charge in [-0.3, -0.25) is 0 Å². The van der Waals surface area contributed by atoms with Gasteiger partial charge in [0.25, 0.3) is 0 Å². The number of methoxy groups -OCH3 is 1. The third-order valence-corrected chi connectivity index (χ3v) is 3.02. The van der Waals surface area contributed by atoms with Gasteiger partial charge in [0.1, 0.15) is 0 Å². The third-order valence-electron chi connectivity index (χ3n) is 2.45. The molecule has 0 bridgehead atoms. The monoisotopic (exact) mass is 222 g/mol. The SMILES string of the molecule is COCCOCCC1COCCC1Cl. The molecule has 0 amide bonds. The summed E-state index contributed by atoms with van der Waals surface area (Å²) in [5, 5.41) is 0.259. The molecule has 1 saturated heterocycles. The van der Waals surface area contributed by atoms with Crippen molar-refractivity contribution < 1.29 is 14.2 Å². The summed E-state index contributed by atoms with van der Waals surface area (Å²) in [7, 11) is 1.67. The van der Waals surface area contributed by atoms with Crippen LogP contribution in [0.5, 0.6) is 0 Å². The molecule has 0 spiro atoms. The third kappa shape index (κ3) is 4.60. The lowest BCUT2D eigenvalue weighted by Gasteiger charge is -2.26. The van der Waals surface area contributed by atoms with Crippen LogP contribution in [0.3, 0.4) is 0 Å². The molecule has 1 aliphatic rings. The second-order valence-corrected chi connectivity index (χ2v) is 4.09. The van der Waals surface area contributed by atoms with Crippen LogP contribution in [0.4, 0.5) is 0 Å². The predicted octanol–water partition coefficient (Wildman–Crippen LogP) is 1.68. The molecule has 0 aromatic heterocycles. The average Bonchev–Trinajstić information content (AvgIpc) is 2.20. The predicted molar refractivity (Wildman–Crippen MR) is 55.9 cm³/mol. The molecule has 2 atom stereocenters. The van der Waals surface area contributed by atoms with Crippen LogP contribution in [0.1, 0.15) is 12.8 Å². The molecular formula is C10H19ClO3. The van der Waals surface area contributed by atoms with Crippen molar-refractivity contribution in [3.8, 4) is 0 Å². The second-order valence-electron chi connectivity index (χ2n) is 3.53. The molecular weight excluding hydrogens is 204 g/mol. The van der Waals surface area contributed by atoms with Crippen LogP contribution in [-0.2, 0) is 14.2 Å². The van der Waals surface area contributed by atoms with Crippen LogP contribution in [0, 0.1) is 5.92 Å². The molecule has 2 unspecified atom stereocenters. The Morgan fingerprint density at radius 1 is 1.36 bits per heavy atom. The molecule has 0 N–H and O–H groups in total. The van der Waals surface area contributed by atoms with Crippen molar-refractivity contribution >= 4 is 11.6 Å². The van der Waals surface area contributed by atoms with Gasteiger partial charge in [-0.1, -0.05) is 0 Å². The van der Waals surface area contributed by atoms with E-state index in [1.54, 1.807) is 7.11 Å². The molecule has 14 heavy (non-hydrogen) atoms. The van der Waals surface area contributed by atoms with Gasteiger partial charge in [-0.15, -0.1) is 11.6 Å². The van der Waals surface area contributed by atoms with E-state index in [1.807, 2.05) is 0 Å². The number of hydrogen-bond donors (Lipinski definition) is 0. The fraction of sp³-hybridized carbons (Fsp3) is 1.00. The van der Waals surface area contributed by atoms with Crippen molar-refractivity contribution in [2.75, 3.05) is 40.1 Å². The summed E-state index contributed by atoms with van der Waals surface area (Å²) in [5.74, 6) is 0.452. The molecule has 0 aromatic rings. The Morgan fingerprint density at radius 2 is 2.21 bits per heavy atom. The summed E-state index contributed by atoms with van der Waals surface area (Å²) < 4.78 is 15.6. The van der Waals surface area contributed by atoms with Crippen molar-refractivity contribution in [2.24, 2.45) is 5.92 Å². The van der Waals surface area contributed by atoms with Crippen molar-refractivity contribution in [1.29, 1.82) is 0 Å². The number of halogens is 1. The van der Waals surface area contributed by atoms with Gasteiger partial charge in [-0.2, -0.15) is 0 Å². The highest BCUT2D eigenvalue weighted by Crippen LogP contribution is 2.23. The Morgan fingerprint density at radius 3 is 2.93 bits per heavy atom. The van der Waals surface area contributed by atoms with E-state index in [9.17, 15) is 0 Å². The fourth-order valence-electron chi connectivity index (χ4n) is 1.51. The van der Waals surface area contributed by atoms with Gasteiger partial charge < -0.3 is 14.2 Å². The van der Waals surface area contributed by atoms with E-state index < -0.39 is 0 Å². The van der Waals surface area contributed by atoms with Crippen LogP contribution in [-0.4, -0.2) is 45.5 Å². The van der Waals surface area contributed by atoms with Gasteiger partial charge in [0.05, 0.1) is 19.8 Å². The molecule has 84 valence electrons. The number of hydrogen-bond acceptors (Lipinski definition) is 3. The Labute approximate surface area is 90.7 Å². The smallest absolute Gasteiger partial charge is 0.0700 e. The average molecular weight is 223 g/mol. The first-order chi connectivity index (χ1) is 6.84. The van der Waals surface area contributed by atoms with Crippen LogP contribution >= 0.6 is 11.6 Å². The van der Waals surface area contributed by atoms with E-state index >= 15 is 0 Å². The molecule has 1 fully saturated rings. The first kappa shape index (κ1) is 12.2. The van der Waals surface area contributed by atoms with Crippen LogP contribution < -0.4 is 0 Å². The van der Waals surface area contributed by atoms with Gasteiger partial charge in [-0.05, 0) is 12.8 Å². The molecule has 1 aliphatic heterocycles. The molecule has 0 saturated carbocycles. The van der Waals surface area contributed by atoms with Gasteiger partial charge >= 0.3 is 0 Å².